The maximum atomic E-state index is 13.1. The number of hydrogen-bond donors (Lipinski definition) is 0. The van der Waals surface area contributed by atoms with Crippen molar-refractivity contribution in [2.45, 2.75) is 50.9 Å². The summed E-state index contributed by atoms with van der Waals surface area (Å²) < 4.78 is 4.49. The largest absolute Gasteiger partial charge is 0.348 e. The minimum Gasteiger partial charge on any atom is -0.348 e. The molecule has 5 rings (SSSR count). The van der Waals surface area contributed by atoms with E-state index < -0.39 is 0 Å². The van der Waals surface area contributed by atoms with Crippen molar-refractivity contribution in [3.05, 3.63) is 62.9 Å². The molecule has 0 unspecified atom stereocenters. The molecular weight excluding hydrogens is 444 g/mol. The zero-order chi connectivity index (χ0) is 21.4. The maximum Gasteiger partial charge on any atom is 0.192 e. The van der Waals surface area contributed by atoms with Crippen molar-refractivity contribution < 1.29 is 4.79 Å². The fourth-order valence-electron chi connectivity index (χ4n) is 3.92. The van der Waals surface area contributed by atoms with E-state index in [-0.39, 0.29) is 5.78 Å². The lowest BCUT2D eigenvalue weighted by Crippen LogP contribution is -2.08. The number of aryl methyl sites for hydroxylation is 2. The van der Waals surface area contributed by atoms with E-state index in [1.54, 1.807) is 22.7 Å². The summed E-state index contributed by atoms with van der Waals surface area (Å²) in [6, 6.07) is 10.9. The van der Waals surface area contributed by atoms with E-state index in [1.807, 2.05) is 12.1 Å². The molecule has 8 heteroatoms. The van der Waals surface area contributed by atoms with Crippen molar-refractivity contribution in [1.29, 1.82) is 0 Å². The highest BCUT2D eigenvalue weighted by Gasteiger charge is 2.30. The SMILES string of the molecule is Cc1cc(C(=O)CSc2nnc(-c3cccs3)n2C2CC2)c(C)n1CCc1cccs1. The van der Waals surface area contributed by atoms with Gasteiger partial charge < -0.3 is 4.57 Å². The molecule has 0 N–H and O–H groups in total. The van der Waals surface area contributed by atoms with Gasteiger partial charge in [0.15, 0.2) is 16.8 Å². The van der Waals surface area contributed by atoms with Crippen LogP contribution in [0.2, 0.25) is 0 Å². The first-order chi connectivity index (χ1) is 15.1. The van der Waals surface area contributed by atoms with Crippen LogP contribution in [0, 0.1) is 13.8 Å². The molecule has 31 heavy (non-hydrogen) atoms. The van der Waals surface area contributed by atoms with Gasteiger partial charge in [-0.3, -0.25) is 9.36 Å². The average molecular weight is 469 g/mol. The Balaban J connectivity index is 1.30. The Labute approximate surface area is 194 Å². The van der Waals surface area contributed by atoms with Crippen LogP contribution < -0.4 is 0 Å². The summed E-state index contributed by atoms with van der Waals surface area (Å²) >= 11 is 4.97. The highest BCUT2D eigenvalue weighted by Crippen LogP contribution is 2.41. The van der Waals surface area contributed by atoms with E-state index in [0.717, 1.165) is 58.6 Å². The van der Waals surface area contributed by atoms with Gasteiger partial charge in [-0.2, -0.15) is 0 Å². The molecule has 160 valence electrons. The average Bonchev–Trinajstić information content (AvgIpc) is 3.19. The highest BCUT2D eigenvalue weighted by molar-refractivity contribution is 7.99. The van der Waals surface area contributed by atoms with Gasteiger partial charge in [-0.1, -0.05) is 23.9 Å². The Morgan fingerprint density at radius 1 is 1.16 bits per heavy atom. The zero-order valence-electron chi connectivity index (χ0n) is 17.6. The van der Waals surface area contributed by atoms with Gasteiger partial charge in [-0.05, 0) is 62.1 Å². The number of carbonyl (C=O) groups is 1. The molecule has 0 aliphatic heterocycles. The van der Waals surface area contributed by atoms with Gasteiger partial charge in [0, 0.05) is 34.4 Å². The van der Waals surface area contributed by atoms with E-state index in [9.17, 15) is 4.79 Å². The third kappa shape index (κ3) is 4.29. The van der Waals surface area contributed by atoms with Crippen LogP contribution in [-0.4, -0.2) is 30.9 Å². The number of thiophene rings is 2. The van der Waals surface area contributed by atoms with Crippen molar-refractivity contribution in [3.8, 4) is 10.7 Å². The Hall–Kier alpha value is -2.16. The van der Waals surface area contributed by atoms with Crippen molar-refractivity contribution >= 4 is 40.2 Å². The topological polar surface area (TPSA) is 52.7 Å². The van der Waals surface area contributed by atoms with Crippen LogP contribution in [0.25, 0.3) is 10.7 Å². The van der Waals surface area contributed by atoms with Crippen LogP contribution in [0.3, 0.4) is 0 Å². The number of Topliss-reactive ketones (excluding diaryl/α,β-unsaturated/α-hetero) is 1. The minimum atomic E-state index is 0.156. The molecule has 5 nitrogen and oxygen atoms in total. The van der Waals surface area contributed by atoms with Crippen molar-refractivity contribution in [1.82, 2.24) is 19.3 Å². The molecule has 1 saturated carbocycles. The molecule has 1 fully saturated rings. The van der Waals surface area contributed by atoms with E-state index in [0.29, 0.717) is 11.8 Å². The Kier molecular flexibility index (Phi) is 5.86. The van der Waals surface area contributed by atoms with Crippen LogP contribution in [-0.2, 0) is 13.0 Å². The molecule has 0 bridgehead atoms. The minimum absolute atomic E-state index is 0.156. The summed E-state index contributed by atoms with van der Waals surface area (Å²) in [4.78, 5) is 15.6. The summed E-state index contributed by atoms with van der Waals surface area (Å²) in [5.41, 5.74) is 3.03. The lowest BCUT2D eigenvalue weighted by molar-refractivity contribution is 0.102. The van der Waals surface area contributed by atoms with Crippen LogP contribution in [0.15, 0.2) is 46.2 Å². The second-order valence-corrected chi connectivity index (χ2v) is 10.8. The number of thioether (sulfide) groups is 1. The summed E-state index contributed by atoms with van der Waals surface area (Å²) in [6.45, 7) is 5.04. The number of carbonyl (C=O) groups excluding carboxylic acids is 1. The normalized spacial score (nSPS) is 13.7. The third-order valence-electron chi connectivity index (χ3n) is 5.69. The molecule has 0 atom stereocenters. The second-order valence-electron chi connectivity index (χ2n) is 7.86. The van der Waals surface area contributed by atoms with E-state index in [1.165, 1.54) is 16.6 Å². The quantitative estimate of drug-likeness (QED) is 0.222. The predicted octanol–water partition coefficient (Wildman–Crippen LogP) is 6.04. The first-order valence-electron chi connectivity index (χ1n) is 10.5. The summed E-state index contributed by atoms with van der Waals surface area (Å²) in [6.07, 6.45) is 3.30. The number of rotatable bonds is 9. The molecule has 0 aromatic carbocycles. The molecule has 0 saturated heterocycles. The predicted molar refractivity (Wildman–Crippen MR) is 129 cm³/mol. The number of nitrogens with zero attached hydrogens (tertiary/aromatic N) is 4. The Bertz CT molecular complexity index is 1180. The Morgan fingerprint density at radius 2 is 1.97 bits per heavy atom. The fraction of sp³-hybridized carbons (Fsp3) is 0.348. The van der Waals surface area contributed by atoms with Gasteiger partial charge in [-0.25, -0.2) is 0 Å². The van der Waals surface area contributed by atoms with Gasteiger partial charge in [-0.15, -0.1) is 32.9 Å². The number of aromatic nitrogens is 4. The molecule has 1 aliphatic carbocycles. The lowest BCUT2D eigenvalue weighted by Gasteiger charge is -2.09. The van der Waals surface area contributed by atoms with Gasteiger partial charge in [0.05, 0.1) is 10.6 Å². The molecule has 4 heterocycles. The van der Waals surface area contributed by atoms with E-state index in [2.05, 4.69) is 62.1 Å². The number of ketones is 1. The van der Waals surface area contributed by atoms with Crippen molar-refractivity contribution in [2.75, 3.05) is 5.75 Å². The van der Waals surface area contributed by atoms with Crippen molar-refractivity contribution in [3.63, 3.8) is 0 Å². The lowest BCUT2D eigenvalue weighted by atomic mass is 10.2. The van der Waals surface area contributed by atoms with Gasteiger partial charge >= 0.3 is 0 Å². The maximum absolute atomic E-state index is 13.1. The van der Waals surface area contributed by atoms with Gasteiger partial charge in [0.1, 0.15) is 0 Å². The Morgan fingerprint density at radius 3 is 2.68 bits per heavy atom. The summed E-state index contributed by atoms with van der Waals surface area (Å²) in [5, 5.41) is 13.9. The van der Waals surface area contributed by atoms with Crippen LogP contribution in [0.4, 0.5) is 0 Å². The monoisotopic (exact) mass is 468 g/mol. The molecule has 1 aliphatic rings. The standard InChI is InChI=1S/C23H24N4OS3/c1-15-13-19(16(2)26(15)10-9-18-5-3-11-29-18)20(28)14-31-23-25-24-22(21-6-4-12-30-21)27(23)17-7-8-17/h3-6,11-13,17H,7-10,14H2,1-2H3. The van der Waals surface area contributed by atoms with E-state index >= 15 is 0 Å². The van der Waals surface area contributed by atoms with Gasteiger partial charge in [0.25, 0.3) is 0 Å². The summed E-state index contributed by atoms with van der Waals surface area (Å²) in [7, 11) is 0. The van der Waals surface area contributed by atoms with Crippen molar-refractivity contribution in [2.24, 2.45) is 0 Å². The zero-order valence-corrected chi connectivity index (χ0v) is 20.0. The number of hydrogen-bond acceptors (Lipinski definition) is 6. The first kappa shape index (κ1) is 20.7. The fourth-order valence-corrected chi connectivity index (χ4v) is 6.22. The molecular formula is C23H24N4OS3. The highest BCUT2D eigenvalue weighted by atomic mass is 32.2. The van der Waals surface area contributed by atoms with Gasteiger partial charge in [0.2, 0.25) is 0 Å². The molecule has 0 radical (unpaired) electrons. The molecule has 0 amide bonds. The third-order valence-corrected chi connectivity index (χ3v) is 8.43. The molecule has 0 spiro atoms. The molecule has 4 aromatic rings. The van der Waals surface area contributed by atoms with Crippen LogP contribution in [0.1, 0.15) is 45.5 Å². The smallest absolute Gasteiger partial charge is 0.192 e. The van der Waals surface area contributed by atoms with Crippen LogP contribution >= 0.6 is 34.4 Å². The summed E-state index contributed by atoms with van der Waals surface area (Å²) in [5.74, 6) is 1.47. The first-order valence-corrected chi connectivity index (χ1v) is 13.2. The second kappa shape index (κ2) is 8.76. The van der Waals surface area contributed by atoms with Crippen LogP contribution in [0.5, 0.6) is 0 Å². The van der Waals surface area contributed by atoms with E-state index in [4.69, 9.17) is 0 Å². The molecule has 4 aromatic heterocycles.